The van der Waals surface area contributed by atoms with Gasteiger partial charge < -0.3 is 0 Å². The minimum absolute atomic E-state index is 0. The van der Waals surface area contributed by atoms with E-state index in [2.05, 4.69) is 0 Å². The molecule has 0 bridgehead atoms. The van der Waals surface area contributed by atoms with E-state index >= 15 is 0 Å². The number of hydrogen-bond donors (Lipinski definition) is 0. The van der Waals surface area contributed by atoms with Gasteiger partial charge in [0.15, 0.2) is 0 Å². The van der Waals surface area contributed by atoms with E-state index in [1.165, 1.54) is 0 Å². The first-order chi connectivity index (χ1) is 10.9. The van der Waals surface area contributed by atoms with Gasteiger partial charge in [-0.15, -0.1) is 0 Å². The molecule has 1 radical (unpaired) electrons. The Hall–Kier alpha value is -0.710. The van der Waals surface area contributed by atoms with Crippen LogP contribution in [0, 0.1) is 0 Å². The molecule has 0 atom stereocenters. The van der Waals surface area contributed by atoms with Crippen LogP contribution in [0.2, 0.25) is 0 Å². The number of phosphoric acid groups is 1. The maximum Gasteiger partial charge on any atom is 0.475 e. The van der Waals surface area contributed by atoms with Crippen molar-refractivity contribution in [3.63, 3.8) is 0 Å². The molecular weight excluding hydrogens is 419 g/mol. The second kappa shape index (κ2) is 9.69. The summed E-state index contributed by atoms with van der Waals surface area (Å²) in [5.41, 5.74) is 1.19. The van der Waals surface area contributed by atoms with Crippen molar-refractivity contribution < 1.29 is 40.5 Å². The van der Waals surface area contributed by atoms with Gasteiger partial charge in [-0.25, -0.2) is 4.57 Å². The Balaban J connectivity index is 0.00000288. The van der Waals surface area contributed by atoms with Gasteiger partial charge in [0, 0.05) is 22.4 Å². The SMILES string of the molecule is CC(C)(C)OP(=O)(OCc1ccccc1)OCc1ccccc1.[Ag]. The largest absolute Gasteiger partial charge is 0.475 e. The molecule has 24 heavy (non-hydrogen) atoms. The van der Waals surface area contributed by atoms with Crippen molar-refractivity contribution in [1.82, 2.24) is 0 Å². The zero-order valence-electron chi connectivity index (χ0n) is 14.1. The van der Waals surface area contributed by atoms with Crippen LogP contribution in [-0.4, -0.2) is 5.60 Å². The summed E-state index contributed by atoms with van der Waals surface area (Å²) in [7, 11) is -3.67. The quantitative estimate of drug-likeness (QED) is 0.429. The molecule has 2 aromatic carbocycles. The van der Waals surface area contributed by atoms with Crippen molar-refractivity contribution in [2.45, 2.75) is 39.6 Å². The first-order valence-corrected chi connectivity index (χ1v) is 9.00. The summed E-state index contributed by atoms with van der Waals surface area (Å²) < 4.78 is 29.5. The van der Waals surface area contributed by atoms with Gasteiger partial charge in [-0.05, 0) is 31.9 Å². The van der Waals surface area contributed by atoms with Gasteiger partial charge in [0.1, 0.15) is 0 Å². The summed E-state index contributed by atoms with van der Waals surface area (Å²) in [5, 5.41) is 0. The number of hydrogen-bond acceptors (Lipinski definition) is 4. The topological polar surface area (TPSA) is 44.8 Å². The zero-order chi connectivity index (χ0) is 16.8. The van der Waals surface area contributed by atoms with E-state index in [0.717, 1.165) is 11.1 Å². The number of phosphoric ester groups is 1. The summed E-state index contributed by atoms with van der Waals surface area (Å²) in [6.45, 7) is 5.79. The minimum atomic E-state index is -3.67. The van der Waals surface area contributed by atoms with E-state index in [-0.39, 0.29) is 35.6 Å². The molecule has 135 valence electrons. The van der Waals surface area contributed by atoms with Gasteiger partial charge in [0.25, 0.3) is 0 Å². The first-order valence-electron chi connectivity index (χ1n) is 7.54. The molecule has 0 heterocycles. The summed E-state index contributed by atoms with van der Waals surface area (Å²) in [5.74, 6) is 0. The van der Waals surface area contributed by atoms with Crippen LogP contribution in [0.1, 0.15) is 31.9 Å². The third kappa shape index (κ3) is 7.91. The van der Waals surface area contributed by atoms with Crippen molar-refractivity contribution in [3.05, 3.63) is 71.8 Å². The monoisotopic (exact) mass is 441 g/mol. The standard InChI is InChI=1S/C18H23O4P.Ag/c1-18(2,3)22-23(19,20-14-16-10-6-4-7-11-16)21-15-17-12-8-5-9-13-17;/h4-13H,14-15H2,1-3H3;. The molecule has 0 aliphatic carbocycles. The van der Waals surface area contributed by atoms with E-state index in [0.29, 0.717) is 0 Å². The Bertz CT molecular complexity index is 594. The van der Waals surface area contributed by atoms with Gasteiger partial charge >= 0.3 is 7.82 Å². The van der Waals surface area contributed by atoms with E-state index in [4.69, 9.17) is 13.6 Å². The van der Waals surface area contributed by atoms with Gasteiger partial charge in [-0.1, -0.05) is 60.7 Å². The molecule has 0 N–H and O–H groups in total. The molecule has 0 aliphatic heterocycles. The van der Waals surface area contributed by atoms with Crippen LogP contribution in [0.4, 0.5) is 0 Å². The van der Waals surface area contributed by atoms with Crippen molar-refractivity contribution in [2.75, 3.05) is 0 Å². The Labute approximate surface area is 159 Å². The van der Waals surface area contributed by atoms with Crippen molar-refractivity contribution in [1.29, 1.82) is 0 Å². The molecule has 0 aromatic heterocycles. The van der Waals surface area contributed by atoms with E-state index in [9.17, 15) is 4.57 Å². The predicted molar refractivity (Wildman–Crippen MR) is 90.9 cm³/mol. The Morgan fingerprint density at radius 2 is 1.17 bits per heavy atom. The van der Waals surface area contributed by atoms with Gasteiger partial charge in [-0.2, -0.15) is 0 Å². The molecule has 2 aromatic rings. The third-order valence-corrected chi connectivity index (χ3v) is 4.51. The van der Waals surface area contributed by atoms with Crippen molar-refractivity contribution in [3.8, 4) is 0 Å². The van der Waals surface area contributed by atoms with E-state index in [1.807, 2.05) is 81.4 Å². The maximum absolute atomic E-state index is 12.9. The Morgan fingerprint density at radius 3 is 1.50 bits per heavy atom. The fraction of sp³-hybridized carbons (Fsp3) is 0.333. The van der Waals surface area contributed by atoms with Crippen molar-refractivity contribution in [2.24, 2.45) is 0 Å². The summed E-state index contributed by atoms with van der Waals surface area (Å²) >= 11 is 0. The van der Waals surface area contributed by atoms with E-state index in [1.54, 1.807) is 0 Å². The molecule has 0 unspecified atom stereocenters. The number of rotatable bonds is 7. The Morgan fingerprint density at radius 1 is 0.792 bits per heavy atom. The molecule has 0 amide bonds. The molecule has 6 heteroatoms. The van der Waals surface area contributed by atoms with Gasteiger partial charge in [-0.3, -0.25) is 13.6 Å². The normalized spacial score (nSPS) is 11.8. The van der Waals surface area contributed by atoms with E-state index < -0.39 is 13.4 Å². The third-order valence-electron chi connectivity index (χ3n) is 2.85. The number of benzene rings is 2. The molecule has 0 saturated heterocycles. The second-order valence-corrected chi connectivity index (χ2v) is 7.76. The molecule has 0 saturated carbocycles. The fourth-order valence-corrected chi connectivity index (χ4v) is 3.35. The van der Waals surface area contributed by atoms with Gasteiger partial charge in [0.2, 0.25) is 0 Å². The van der Waals surface area contributed by atoms with Crippen LogP contribution in [0.15, 0.2) is 60.7 Å². The molecular formula is C18H23AgO4P. The van der Waals surface area contributed by atoms with Crippen LogP contribution >= 0.6 is 7.82 Å². The average molecular weight is 442 g/mol. The van der Waals surface area contributed by atoms with Crippen LogP contribution in [0.25, 0.3) is 0 Å². The van der Waals surface area contributed by atoms with Crippen LogP contribution in [0.5, 0.6) is 0 Å². The van der Waals surface area contributed by atoms with Crippen LogP contribution in [0.3, 0.4) is 0 Å². The average Bonchev–Trinajstić information content (AvgIpc) is 2.52. The molecule has 0 aliphatic rings. The molecule has 0 fully saturated rings. The summed E-state index contributed by atoms with van der Waals surface area (Å²) in [6.07, 6.45) is 0. The fourth-order valence-electron chi connectivity index (χ4n) is 1.88. The van der Waals surface area contributed by atoms with Crippen LogP contribution < -0.4 is 0 Å². The zero-order valence-corrected chi connectivity index (χ0v) is 16.4. The van der Waals surface area contributed by atoms with Crippen LogP contribution in [-0.2, 0) is 53.7 Å². The van der Waals surface area contributed by atoms with Gasteiger partial charge in [0.05, 0.1) is 18.8 Å². The smallest absolute Gasteiger partial charge is 0.282 e. The molecule has 2 rings (SSSR count). The van der Waals surface area contributed by atoms with Crippen molar-refractivity contribution >= 4 is 7.82 Å². The minimum Gasteiger partial charge on any atom is -0.282 e. The summed E-state index contributed by atoms with van der Waals surface area (Å²) in [4.78, 5) is 0. The maximum atomic E-state index is 12.9. The first kappa shape index (κ1) is 21.3. The Kier molecular flexibility index (Phi) is 8.61. The molecule has 4 nitrogen and oxygen atoms in total. The summed E-state index contributed by atoms with van der Waals surface area (Å²) in [6, 6.07) is 19.0. The predicted octanol–water partition coefficient (Wildman–Crippen LogP) is 5.34. The second-order valence-electron chi connectivity index (χ2n) is 6.17. The molecule has 0 spiro atoms.